The van der Waals surface area contributed by atoms with Gasteiger partial charge in [0.15, 0.2) is 0 Å². The van der Waals surface area contributed by atoms with E-state index in [1.807, 2.05) is 6.92 Å². The zero-order valence-electron chi connectivity index (χ0n) is 18.5. The van der Waals surface area contributed by atoms with Gasteiger partial charge in [-0.2, -0.15) is 18.3 Å². The Morgan fingerprint density at radius 2 is 2.03 bits per heavy atom. The van der Waals surface area contributed by atoms with Gasteiger partial charge < -0.3 is 14.6 Å². The van der Waals surface area contributed by atoms with E-state index in [0.717, 1.165) is 12.1 Å². The van der Waals surface area contributed by atoms with Crippen molar-refractivity contribution in [3.8, 4) is 22.8 Å². The lowest BCUT2D eigenvalue weighted by molar-refractivity contribution is -0.137. The van der Waals surface area contributed by atoms with Crippen LogP contribution in [0.25, 0.3) is 11.1 Å². The van der Waals surface area contributed by atoms with E-state index in [1.54, 1.807) is 29.2 Å². The Hall–Kier alpha value is -3.60. The minimum atomic E-state index is -4.51. The van der Waals surface area contributed by atoms with E-state index in [2.05, 4.69) is 10.1 Å². The third kappa shape index (κ3) is 4.56. The number of halogens is 3. The molecule has 1 aliphatic heterocycles. The number of ether oxygens (including phenoxy) is 2. The zero-order chi connectivity index (χ0) is 24.5. The number of aromatic nitrogens is 3. The van der Waals surface area contributed by atoms with Gasteiger partial charge in [0.25, 0.3) is 0 Å². The van der Waals surface area contributed by atoms with Crippen molar-refractivity contribution in [3.63, 3.8) is 0 Å². The van der Waals surface area contributed by atoms with Crippen LogP contribution < -0.4 is 9.64 Å². The maximum atomic E-state index is 13.0. The molecule has 0 saturated heterocycles. The van der Waals surface area contributed by atoms with E-state index >= 15 is 0 Å². The van der Waals surface area contributed by atoms with Crippen molar-refractivity contribution in [1.82, 2.24) is 14.8 Å². The first-order chi connectivity index (χ1) is 16.2. The van der Waals surface area contributed by atoms with Crippen molar-refractivity contribution in [2.75, 3.05) is 18.6 Å². The number of hydrogen-bond acceptors (Lipinski definition) is 6. The lowest BCUT2D eigenvalue weighted by atomic mass is 9.92. The summed E-state index contributed by atoms with van der Waals surface area (Å²) >= 11 is 0. The molecular formula is C23H23F3N4O4. The summed E-state index contributed by atoms with van der Waals surface area (Å²) in [4.78, 5) is 17.9. The average Bonchev–Trinajstić information content (AvgIpc) is 3.27. The molecule has 1 amide bonds. The smallest absolute Gasteiger partial charge is 0.417 e. The first kappa shape index (κ1) is 23.6. The number of alkyl halides is 3. The Balaban J connectivity index is 1.82. The molecule has 11 heteroatoms. The maximum absolute atomic E-state index is 13.0. The molecule has 1 unspecified atom stereocenters. The first-order valence-electron chi connectivity index (χ1n) is 10.6. The number of benzene rings is 1. The third-order valence-electron chi connectivity index (χ3n) is 5.66. The number of fused-ring (bicyclic) bond motifs is 1. The van der Waals surface area contributed by atoms with Crippen molar-refractivity contribution in [2.24, 2.45) is 0 Å². The molecule has 1 aliphatic rings. The Kier molecular flexibility index (Phi) is 6.47. The number of aliphatic hydroxyl groups is 1. The van der Waals surface area contributed by atoms with Crippen molar-refractivity contribution in [2.45, 2.75) is 38.5 Å². The van der Waals surface area contributed by atoms with Gasteiger partial charge in [0.05, 0.1) is 37.7 Å². The molecule has 0 aliphatic carbocycles. The van der Waals surface area contributed by atoms with Crippen LogP contribution in [0.5, 0.6) is 11.6 Å². The van der Waals surface area contributed by atoms with Crippen molar-refractivity contribution in [3.05, 3.63) is 54.0 Å². The average molecular weight is 476 g/mol. The van der Waals surface area contributed by atoms with Crippen LogP contribution in [-0.2, 0) is 23.9 Å². The predicted molar refractivity (Wildman–Crippen MR) is 117 cm³/mol. The van der Waals surface area contributed by atoms with Crippen molar-refractivity contribution in [1.29, 1.82) is 0 Å². The van der Waals surface area contributed by atoms with Crippen LogP contribution >= 0.6 is 0 Å². The van der Waals surface area contributed by atoms with Gasteiger partial charge in [-0.3, -0.25) is 9.58 Å². The highest BCUT2D eigenvalue weighted by Gasteiger charge is 2.33. The van der Waals surface area contributed by atoms with Crippen LogP contribution in [0.15, 0.2) is 42.9 Å². The summed E-state index contributed by atoms with van der Waals surface area (Å²) in [6.07, 6.45) is 0.219. The molecule has 0 bridgehead atoms. The van der Waals surface area contributed by atoms with Crippen LogP contribution in [0.2, 0.25) is 0 Å². The van der Waals surface area contributed by atoms with E-state index in [4.69, 9.17) is 9.47 Å². The predicted octanol–water partition coefficient (Wildman–Crippen LogP) is 4.66. The fourth-order valence-electron chi connectivity index (χ4n) is 3.97. The molecule has 34 heavy (non-hydrogen) atoms. The molecule has 1 atom stereocenters. The summed E-state index contributed by atoms with van der Waals surface area (Å²) in [6, 6.07) is 5.49. The van der Waals surface area contributed by atoms with Gasteiger partial charge in [-0.05, 0) is 38.0 Å². The fraction of sp³-hybridized carbons (Fsp3) is 0.348. The highest BCUT2D eigenvalue weighted by molar-refractivity contribution is 5.92. The minimum absolute atomic E-state index is 0.0198. The highest BCUT2D eigenvalue weighted by atomic mass is 19.4. The molecule has 0 spiro atoms. The molecule has 180 valence electrons. The minimum Gasteiger partial charge on any atom is -0.452 e. The molecule has 0 fully saturated rings. The van der Waals surface area contributed by atoms with E-state index in [0.29, 0.717) is 53.7 Å². The van der Waals surface area contributed by atoms with E-state index < -0.39 is 17.8 Å². The van der Waals surface area contributed by atoms with Gasteiger partial charge in [-0.1, -0.05) is 0 Å². The summed E-state index contributed by atoms with van der Waals surface area (Å²) in [5, 5.41) is 13.4. The second-order valence-corrected chi connectivity index (χ2v) is 7.87. The van der Waals surface area contributed by atoms with Gasteiger partial charge in [0.2, 0.25) is 5.88 Å². The fourth-order valence-corrected chi connectivity index (χ4v) is 3.97. The van der Waals surface area contributed by atoms with Crippen LogP contribution in [0, 0.1) is 0 Å². The zero-order valence-corrected chi connectivity index (χ0v) is 18.5. The van der Waals surface area contributed by atoms with Gasteiger partial charge >= 0.3 is 12.3 Å². The Morgan fingerprint density at radius 3 is 2.68 bits per heavy atom. The van der Waals surface area contributed by atoms with Crippen LogP contribution in [0.3, 0.4) is 0 Å². The largest absolute Gasteiger partial charge is 0.452 e. The number of rotatable bonds is 5. The summed E-state index contributed by atoms with van der Waals surface area (Å²) in [5.41, 5.74) is 1.73. The number of aliphatic hydroxyl groups excluding tert-OH is 1. The molecule has 4 rings (SSSR count). The van der Waals surface area contributed by atoms with Crippen LogP contribution in [-0.4, -0.2) is 45.7 Å². The van der Waals surface area contributed by atoms with E-state index in [9.17, 15) is 23.1 Å². The first-order valence-corrected chi connectivity index (χ1v) is 10.6. The van der Waals surface area contributed by atoms with Crippen molar-refractivity contribution >= 4 is 11.8 Å². The normalized spacial score (nSPS) is 15.7. The molecule has 1 N–H and O–H groups in total. The molecule has 3 heterocycles. The molecule has 1 aromatic carbocycles. The number of hydrogen-bond donors (Lipinski definition) is 1. The molecule has 0 radical (unpaired) electrons. The number of amides is 1. The number of carbonyl (C=O) groups is 1. The lowest BCUT2D eigenvalue weighted by Gasteiger charge is -2.35. The standard InChI is InChI=1S/C23H23F3N4O4/c1-14-3-5-18-19(30(14)22(32)33-2)7-6-17(15-11-28-29(13-15)9-10-31)21(18)34-20-8-4-16(12-27-20)23(24,25)26/h4,6-8,11-14,31H,3,5,9-10H2,1-2H3. The molecule has 8 nitrogen and oxygen atoms in total. The number of nitrogens with zero attached hydrogens (tertiary/aromatic N) is 4. The van der Waals surface area contributed by atoms with Gasteiger partial charge in [-0.25, -0.2) is 9.78 Å². The molecule has 3 aromatic rings. The molecule has 0 saturated carbocycles. The molecule has 2 aromatic heterocycles. The van der Waals surface area contributed by atoms with E-state index in [-0.39, 0.29) is 18.5 Å². The Morgan fingerprint density at radius 1 is 1.24 bits per heavy atom. The number of methoxy groups -OCH3 is 1. The van der Waals surface area contributed by atoms with Crippen molar-refractivity contribution < 1.29 is 32.5 Å². The second-order valence-electron chi connectivity index (χ2n) is 7.87. The summed E-state index contributed by atoms with van der Waals surface area (Å²) in [5.74, 6) is 0.350. The number of carbonyl (C=O) groups excluding carboxylic acids is 1. The monoisotopic (exact) mass is 476 g/mol. The van der Waals surface area contributed by atoms with E-state index in [1.165, 1.54) is 12.0 Å². The topological polar surface area (TPSA) is 89.7 Å². The Bertz CT molecular complexity index is 1180. The highest BCUT2D eigenvalue weighted by Crippen LogP contribution is 2.44. The van der Waals surface area contributed by atoms with Crippen LogP contribution in [0.4, 0.5) is 23.7 Å². The maximum Gasteiger partial charge on any atom is 0.417 e. The number of anilines is 1. The summed E-state index contributed by atoms with van der Waals surface area (Å²) in [7, 11) is 1.30. The van der Waals surface area contributed by atoms with Crippen LogP contribution in [0.1, 0.15) is 24.5 Å². The lowest BCUT2D eigenvalue weighted by Crippen LogP contribution is -2.42. The van der Waals surface area contributed by atoms with Gasteiger partial charge in [0, 0.05) is 41.2 Å². The SMILES string of the molecule is COC(=O)N1c2ccc(-c3cnn(CCO)c3)c(Oc3ccc(C(F)(F)F)cn3)c2CCC1C. The molecular weight excluding hydrogens is 453 g/mol. The number of pyridine rings is 1. The summed E-state index contributed by atoms with van der Waals surface area (Å²) in [6.45, 7) is 2.12. The quantitative estimate of drug-likeness (QED) is 0.576. The second kappa shape index (κ2) is 9.34. The Labute approximate surface area is 193 Å². The summed E-state index contributed by atoms with van der Waals surface area (Å²) < 4.78 is 51.4. The third-order valence-corrected chi connectivity index (χ3v) is 5.66. The van der Waals surface area contributed by atoms with Gasteiger partial charge in [0.1, 0.15) is 5.75 Å². The van der Waals surface area contributed by atoms with Gasteiger partial charge in [-0.15, -0.1) is 0 Å².